The number of nitrogens with one attached hydrogen (secondary N) is 1. The third-order valence-corrected chi connectivity index (χ3v) is 4.52. The van der Waals surface area contributed by atoms with E-state index in [1.54, 1.807) is 6.07 Å². The van der Waals surface area contributed by atoms with E-state index in [0.29, 0.717) is 5.02 Å². The molecule has 0 amide bonds. The predicted octanol–water partition coefficient (Wildman–Crippen LogP) is 6.28. The minimum Gasteiger partial charge on any atom is -0.378 e. The van der Waals surface area contributed by atoms with Crippen LogP contribution in [0.3, 0.4) is 0 Å². The lowest BCUT2D eigenvalue weighted by Gasteiger charge is -2.19. The molecule has 1 nitrogen and oxygen atoms in total. The smallest absolute Gasteiger partial charge is 0.0501 e. The normalized spacial score (nSPS) is 12.2. The molecule has 4 heteroatoms. The van der Waals surface area contributed by atoms with Crippen molar-refractivity contribution in [1.82, 2.24) is 0 Å². The molecule has 2 rings (SSSR count). The second-order valence-electron chi connectivity index (χ2n) is 4.46. The fourth-order valence-electron chi connectivity index (χ4n) is 2.02. The van der Waals surface area contributed by atoms with Gasteiger partial charge in [0, 0.05) is 20.6 Å². The molecular weight excluding hydrogens is 309 g/mol. The van der Waals surface area contributed by atoms with Crippen molar-refractivity contribution in [2.24, 2.45) is 0 Å². The van der Waals surface area contributed by atoms with Crippen LogP contribution >= 0.6 is 35.0 Å². The molecular formula is C16H17Cl2NS. The molecule has 2 aromatic carbocycles. The van der Waals surface area contributed by atoms with Gasteiger partial charge in [0.2, 0.25) is 0 Å². The van der Waals surface area contributed by atoms with Gasteiger partial charge in [0.15, 0.2) is 0 Å². The van der Waals surface area contributed by atoms with E-state index in [2.05, 4.69) is 37.4 Å². The maximum atomic E-state index is 6.25. The van der Waals surface area contributed by atoms with Crippen LogP contribution in [0.1, 0.15) is 25.5 Å². The van der Waals surface area contributed by atoms with Crippen LogP contribution < -0.4 is 5.32 Å². The highest BCUT2D eigenvalue weighted by molar-refractivity contribution is 7.99. The number of thioether (sulfide) groups is 1. The lowest BCUT2D eigenvalue weighted by atomic mass is 10.1. The predicted molar refractivity (Wildman–Crippen MR) is 91.3 cm³/mol. The Morgan fingerprint density at radius 1 is 1.15 bits per heavy atom. The van der Waals surface area contributed by atoms with Crippen molar-refractivity contribution in [3.63, 3.8) is 0 Å². The van der Waals surface area contributed by atoms with Gasteiger partial charge < -0.3 is 5.32 Å². The topological polar surface area (TPSA) is 12.0 Å². The minimum absolute atomic E-state index is 0.0970. The van der Waals surface area contributed by atoms with E-state index in [4.69, 9.17) is 23.2 Å². The molecule has 0 aromatic heterocycles. The summed E-state index contributed by atoms with van der Waals surface area (Å²) >= 11 is 14.1. The molecule has 0 aliphatic rings. The number of halogens is 2. The largest absolute Gasteiger partial charge is 0.378 e. The van der Waals surface area contributed by atoms with Crippen LogP contribution in [0.15, 0.2) is 47.4 Å². The summed E-state index contributed by atoms with van der Waals surface area (Å²) in [7, 11) is 0. The Morgan fingerprint density at radius 3 is 2.65 bits per heavy atom. The Kier molecular flexibility index (Phi) is 5.64. The molecule has 0 aliphatic carbocycles. The molecule has 0 spiro atoms. The Balaban J connectivity index is 2.23. The molecule has 0 radical (unpaired) electrons. The van der Waals surface area contributed by atoms with E-state index >= 15 is 0 Å². The lowest BCUT2D eigenvalue weighted by molar-refractivity contribution is 0.880. The highest BCUT2D eigenvalue weighted by Gasteiger charge is 2.12. The molecule has 0 bridgehead atoms. The molecule has 1 unspecified atom stereocenters. The van der Waals surface area contributed by atoms with Gasteiger partial charge in [-0.1, -0.05) is 42.3 Å². The molecule has 0 heterocycles. The summed E-state index contributed by atoms with van der Waals surface area (Å²) in [6, 6.07) is 14.0. The van der Waals surface area contributed by atoms with Crippen molar-refractivity contribution in [3.8, 4) is 0 Å². The zero-order valence-electron chi connectivity index (χ0n) is 11.5. The van der Waals surface area contributed by atoms with Crippen molar-refractivity contribution in [2.75, 3.05) is 11.1 Å². The Hall–Kier alpha value is -0.830. The summed E-state index contributed by atoms with van der Waals surface area (Å²) in [5.41, 5.74) is 2.14. The maximum Gasteiger partial charge on any atom is 0.0501 e. The van der Waals surface area contributed by atoms with Crippen LogP contribution in [0.25, 0.3) is 0 Å². The third kappa shape index (κ3) is 3.85. The maximum absolute atomic E-state index is 6.25. The van der Waals surface area contributed by atoms with E-state index in [-0.39, 0.29) is 6.04 Å². The van der Waals surface area contributed by atoms with Crippen LogP contribution in [-0.4, -0.2) is 5.75 Å². The first kappa shape index (κ1) is 15.6. The average molecular weight is 326 g/mol. The van der Waals surface area contributed by atoms with Gasteiger partial charge in [0.1, 0.15) is 0 Å². The molecule has 0 fully saturated rings. The standard InChI is InChI=1S/C16H17Cl2NS/c1-3-20-16-7-5-4-6-15(16)19-11(2)13-10-12(17)8-9-14(13)18/h4-11,19H,3H2,1-2H3. The Morgan fingerprint density at radius 2 is 1.90 bits per heavy atom. The molecule has 20 heavy (non-hydrogen) atoms. The van der Waals surface area contributed by atoms with E-state index < -0.39 is 0 Å². The summed E-state index contributed by atoms with van der Waals surface area (Å²) < 4.78 is 0. The number of para-hydroxylation sites is 1. The van der Waals surface area contributed by atoms with Crippen LogP contribution in [0, 0.1) is 0 Å². The first-order chi connectivity index (χ1) is 9.61. The lowest BCUT2D eigenvalue weighted by Crippen LogP contribution is -2.08. The van der Waals surface area contributed by atoms with Gasteiger partial charge in [0.05, 0.1) is 6.04 Å². The molecule has 0 aliphatic heterocycles. The quantitative estimate of drug-likeness (QED) is 0.649. The van der Waals surface area contributed by atoms with Crippen LogP contribution in [0.2, 0.25) is 10.0 Å². The molecule has 106 valence electrons. The fraction of sp³-hybridized carbons (Fsp3) is 0.250. The SMILES string of the molecule is CCSc1ccccc1NC(C)c1cc(Cl)ccc1Cl. The zero-order chi connectivity index (χ0) is 14.5. The molecule has 2 aromatic rings. The highest BCUT2D eigenvalue weighted by Crippen LogP contribution is 2.32. The Bertz CT molecular complexity index is 586. The van der Waals surface area contributed by atoms with Gasteiger partial charge in [0.25, 0.3) is 0 Å². The first-order valence-electron chi connectivity index (χ1n) is 6.55. The van der Waals surface area contributed by atoms with Gasteiger partial charge >= 0.3 is 0 Å². The van der Waals surface area contributed by atoms with Crippen LogP contribution in [0.4, 0.5) is 5.69 Å². The van der Waals surface area contributed by atoms with Crippen molar-refractivity contribution in [3.05, 3.63) is 58.1 Å². The fourth-order valence-corrected chi connectivity index (χ4v) is 3.25. The number of hydrogen-bond acceptors (Lipinski definition) is 2. The number of anilines is 1. The van der Waals surface area contributed by atoms with Gasteiger partial charge in [-0.2, -0.15) is 0 Å². The van der Waals surface area contributed by atoms with Crippen LogP contribution in [0.5, 0.6) is 0 Å². The molecule has 0 saturated carbocycles. The average Bonchev–Trinajstić information content (AvgIpc) is 2.44. The van der Waals surface area contributed by atoms with Crippen molar-refractivity contribution in [1.29, 1.82) is 0 Å². The Labute approximate surface area is 134 Å². The summed E-state index contributed by atoms with van der Waals surface area (Å²) in [6.07, 6.45) is 0. The van der Waals surface area contributed by atoms with E-state index in [1.165, 1.54) is 4.90 Å². The van der Waals surface area contributed by atoms with Gasteiger partial charge in [-0.3, -0.25) is 0 Å². The first-order valence-corrected chi connectivity index (χ1v) is 8.29. The summed E-state index contributed by atoms with van der Waals surface area (Å²) in [4.78, 5) is 1.25. The minimum atomic E-state index is 0.0970. The summed E-state index contributed by atoms with van der Waals surface area (Å²) in [6.45, 7) is 4.24. The van der Waals surface area contributed by atoms with E-state index in [0.717, 1.165) is 22.0 Å². The van der Waals surface area contributed by atoms with Crippen LogP contribution in [-0.2, 0) is 0 Å². The zero-order valence-corrected chi connectivity index (χ0v) is 13.8. The van der Waals surface area contributed by atoms with Crippen molar-refractivity contribution in [2.45, 2.75) is 24.8 Å². The van der Waals surface area contributed by atoms with E-state index in [1.807, 2.05) is 30.0 Å². The third-order valence-electron chi connectivity index (χ3n) is 2.98. The highest BCUT2D eigenvalue weighted by atomic mass is 35.5. The van der Waals surface area contributed by atoms with Gasteiger partial charge in [-0.25, -0.2) is 0 Å². The molecule has 0 saturated heterocycles. The molecule has 1 atom stereocenters. The number of benzene rings is 2. The summed E-state index contributed by atoms with van der Waals surface area (Å²) in [5, 5.41) is 4.95. The number of rotatable bonds is 5. The number of hydrogen-bond donors (Lipinski definition) is 1. The van der Waals surface area contributed by atoms with Crippen molar-refractivity contribution >= 4 is 40.7 Å². The second kappa shape index (κ2) is 7.26. The summed E-state index contributed by atoms with van der Waals surface area (Å²) in [5.74, 6) is 1.05. The monoisotopic (exact) mass is 325 g/mol. The van der Waals surface area contributed by atoms with Gasteiger partial charge in [-0.05, 0) is 48.6 Å². The van der Waals surface area contributed by atoms with E-state index in [9.17, 15) is 0 Å². The molecule has 1 N–H and O–H groups in total. The van der Waals surface area contributed by atoms with Crippen molar-refractivity contribution < 1.29 is 0 Å². The van der Waals surface area contributed by atoms with Gasteiger partial charge in [-0.15, -0.1) is 11.8 Å². The second-order valence-corrected chi connectivity index (χ2v) is 6.61.